The maximum absolute atomic E-state index is 14.0. The van der Waals surface area contributed by atoms with E-state index in [0.717, 1.165) is 4.90 Å². The molecule has 0 aromatic carbocycles. The zero-order valence-corrected chi connectivity index (χ0v) is 49.6. The Labute approximate surface area is 445 Å². The van der Waals surface area contributed by atoms with E-state index in [4.69, 9.17) is 42.3 Å². The van der Waals surface area contributed by atoms with Crippen molar-refractivity contribution in [2.24, 2.45) is 0 Å². The van der Waals surface area contributed by atoms with Gasteiger partial charge in [-0.05, 0) is 127 Å². The summed E-state index contributed by atoms with van der Waals surface area (Å²) < 4.78 is 84.1. The van der Waals surface area contributed by atoms with E-state index in [1.807, 2.05) is 0 Å². The Hall–Kier alpha value is -3.57. The number of carbonyl (C=O) groups excluding carboxylic acids is 4. The van der Waals surface area contributed by atoms with E-state index in [1.165, 1.54) is 14.0 Å². The van der Waals surface area contributed by atoms with Crippen LogP contribution in [0.3, 0.4) is 0 Å². The van der Waals surface area contributed by atoms with Crippen molar-refractivity contribution in [3.63, 3.8) is 0 Å². The molecule has 0 unspecified atom stereocenters. The van der Waals surface area contributed by atoms with E-state index in [1.54, 1.807) is 89.2 Å². The number of alkyl carbamates (subject to hydrolysis) is 3. The number of rotatable bonds is 18. The highest BCUT2D eigenvalue weighted by molar-refractivity contribution is 7.89. The lowest BCUT2D eigenvalue weighted by Crippen LogP contribution is -2.70. The molecule has 0 aromatic rings. The van der Waals surface area contributed by atoms with Crippen LogP contribution in [0, 0.1) is 0 Å². The van der Waals surface area contributed by atoms with Gasteiger partial charge in [-0.25, -0.2) is 32.3 Å². The van der Waals surface area contributed by atoms with Crippen LogP contribution >= 0.6 is 0 Å². The summed E-state index contributed by atoms with van der Waals surface area (Å²) in [6.07, 6.45) is -12.3. The Bertz CT molecular complexity index is 2060. The number of nitrogens with one attached hydrogen (secondary N) is 5. The molecule has 2 aliphatic heterocycles. The summed E-state index contributed by atoms with van der Waals surface area (Å²) in [7, 11) is -5.15. The van der Waals surface area contributed by atoms with E-state index < -0.39 is 151 Å². The quantitative estimate of drug-likeness (QED) is 0.0545. The smallest absolute Gasteiger partial charge is 0.410 e. The summed E-state index contributed by atoms with van der Waals surface area (Å²) >= 11 is 0. The van der Waals surface area contributed by atoms with Crippen LogP contribution in [0.25, 0.3) is 0 Å². The van der Waals surface area contributed by atoms with Gasteiger partial charge in [0.15, 0.2) is 14.6 Å². The molecule has 0 bridgehead atoms. The Morgan fingerprint density at radius 1 is 0.747 bits per heavy atom. The van der Waals surface area contributed by atoms with E-state index in [2.05, 4.69) is 59.9 Å². The Morgan fingerprint density at radius 2 is 1.25 bits per heavy atom. The predicted molar refractivity (Wildman–Crippen MR) is 279 cm³/mol. The third-order valence-electron chi connectivity index (χ3n) is 12.3. The fourth-order valence-corrected chi connectivity index (χ4v) is 10.1. The van der Waals surface area contributed by atoms with Gasteiger partial charge in [-0.3, -0.25) is 0 Å². The van der Waals surface area contributed by atoms with Gasteiger partial charge in [0.05, 0.1) is 43.1 Å². The fourth-order valence-electron chi connectivity index (χ4n) is 7.91. The number of aliphatic hydroxyl groups is 3. The van der Waals surface area contributed by atoms with Gasteiger partial charge in [0.2, 0.25) is 16.3 Å². The van der Waals surface area contributed by atoms with Gasteiger partial charge in [0, 0.05) is 26.7 Å². The number of carbonyl (C=O) groups is 4. The monoisotopic (exact) mass is 1110 g/mol. The topological polar surface area (TPSA) is 310 Å². The van der Waals surface area contributed by atoms with Crippen LogP contribution in [0.5, 0.6) is 0 Å². The molecule has 0 spiro atoms. The molecule has 11 atom stereocenters. The number of hydrogen-bond acceptors (Lipinski definition) is 19. The van der Waals surface area contributed by atoms with Crippen molar-refractivity contribution in [1.29, 1.82) is 0 Å². The molecule has 2 heterocycles. The van der Waals surface area contributed by atoms with E-state index in [0.29, 0.717) is 18.9 Å². The van der Waals surface area contributed by atoms with E-state index in [9.17, 15) is 42.9 Å². The molecule has 1 aliphatic carbocycles. The van der Waals surface area contributed by atoms with Gasteiger partial charge in [-0.15, -0.1) is 0 Å². The highest BCUT2D eigenvalue weighted by Gasteiger charge is 2.55. The van der Waals surface area contributed by atoms with Crippen LogP contribution in [0.1, 0.15) is 124 Å². The first-order valence-electron chi connectivity index (χ1n) is 25.5. The molecule has 0 aromatic heterocycles. The molecule has 3 rings (SSSR count). The van der Waals surface area contributed by atoms with Crippen molar-refractivity contribution in [2.45, 2.75) is 231 Å². The minimum atomic E-state index is -4.42. The van der Waals surface area contributed by atoms with Crippen molar-refractivity contribution < 1.29 is 85.2 Å². The molecule has 75 heavy (non-hydrogen) atoms. The fraction of sp³-hybridized carbons (Fsp3) is 0.878. The lowest BCUT2D eigenvalue weighted by atomic mass is 9.83. The van der Waals surface area contributed by atoms with Gasteiger partial charge in [0.25, 0.3) is 0 Å². The van der Waals surface area contributed by atoms with Crippen molar-refractivity contribution in [3.05, 3.63) is 11.8 Å². The Kier molecular flexibility index (Phi) is 22.3. The molecule has 8 N–H and O–H groups in total. The number of aliphatic hydroxyl groups excluding tert-OH is 2. The van der Waals surface area contributed by atoms with Crippen molar-refractivity contribution in [3.8, 4) is 0 Å². The average Bonchev–Trinajstić information content (AvgIpc) is 3.18. The zero-order chi connectivity index (χ0) is 57.5. The van der Waals surface area contributed by atoms with E-state index in [-0.39, 0.29) is 24.4 Å². The van der Waals surface area contributed by atoms with Crippen molar-refractivity contribution in [1.82, 2.24) is 30.9 Å². The molecule has 3 aliphatic rings. The summed E-state index contributed by atoms with van der Waals surface area (Å²) in [5.41, 5.74) is -5.64. The van der Waals surface area contributed by atoms with Gasteiger partial charge in [-0.1, -0.05) is 20.8 Å². The second-order valence-corrected chi connectivity index (χ2v) is 31.8. The first-order valence-corrected chi connectivity index (χ1v) is 30.1. The number of amides is 4. The minimum Gasteiger partial charge on any atom is -0.466 e. The molecule has 1 saturated carbocycles. The lowest BCUT2D eigenvalue weighted by Gasteiger charge is -2.50. The third kappa shape index (κ3) is 21.6. The van der Waals surface area contributed by atoms with Crippen LogP contribution < -0.4 is 26.0 Å². The second kappa shape index (κ2) is 25.5. The minimum absolute atomic E-state index is 0.00264. The summed E-state index contributed by atoms with van der Waals surface area (Å²) in [5, 5.41) is 47.4. The van der Waals surface area contributed by atoms with Crippen molar-refractivity contribution >= 4 is 42.7 Å². The van der Waals surface area contributed by atoms with Crippen LogP contribution in [0.15, 0.2) is 11.8 Å². The highest BCUT2D eigenvalue weighted by Crippen LogP contribution is 2.37. The number of sulfonamides is 1. The maximum atomic E-state index is 14.0. The molecular formula is C49H92N6O18SSi. The van der Waals surface area contributed by atoms with Gasteiger partial charge < -0.3 is 83.8 Å². The largest absolute Gasteiger partial charge is 0.466 e. The van der Waals surface area contributed by atoms with Crippen LogP contribution in [-0.4, -0.2) is 196 Å². The molecular weight excluding hydrogens is 1020 g/mol. The normalized spacial score (nSPS) is 28.2. The standard InChI is InChI=1S/C49H92N6O18SSi/c1-44(2,3)70-40(58)51-23-25-74(63,64)54-32-26-31(53-42(60)72-46(7,8)9)35(33(56)36(32)69-39-34(57)37(49(16,62)28-65-39)55(17)43(61)73-47(10,11)12)68-38-30(52-41(59)71-45(4,5)6)21-20-29(67-38)27-50-22-24-66-75(18,19)48(13,14)15/h20,30-39,50,54,56-57,62H,21-28H2,1-19H3,(H,51,58)(H,52,59)(H,53,60)/t30-,31+,32-,33+,34-,35-,36+,37-,38-,39-,49+/m1/s1. The van der Waals surface area contributed by atoms with Gasteiger partial charge >= 0.3 is 24.4 Å². The number of likely N-dealkylation sites (N-methyl/N-ethyl adjacent to an activating group) is 1. The van der Waals surface area contributed by atoms with Crippen LogP contribution in [0.2, 0.25) is 18.1 Å². The molecule has 2 fully saturated rings. The number of nitrogens with zero attached hydrogens (tertiary/aromatic N) is 1. The maximum Gasteiger partial charge on any atom is 0.410 e. The summed E-state index contributed by atoms with van der Waals surface area (Å²) in [6.45, 7) is 32.1. The SMILES string of the molecule is CN(C(=O)OC(C)(C)C)[C@@H]1[C@@H](O)[C@@H](O[C@@H]2[C@@H](O)[C@H](O[C@H]3OC(CNCCO[Si](C)(C)C(C)(C)C)=CC[C@H]3NC(=O)OC(C)(C)C)[C@@H](NC(=O)OC(C)(C)C)C[C@H]2NS(=O)(=O)CCNC(=O)OC(C)(C)C)OC[C@]1(C)O. The molecule has 0 radical (unpaired) electrons. The molecule has 24 nitrogen and oxygen atoms in total. The molecule has 1 saturated heterocycles. The summed E-state index contributed by atoms with van der Waals surface area (Å²) in [5.74, 6) is -0.288. The molecule has 436 valence electrons. The van der Waals surface area contributed by atoms with Gasteiger partial charge in [0.1, 0.15) is 58.2 Å². The first kappa shape index (κ1) is 65.7. The molecule has 4 amide bonds. The Balaban J connectivity index is 2.12. The zero-order valence-electron chi connectivity index (χ0n) is 47.8. The number of ether oxygens (including phenoxy) is 8. The Morgan fingerprint density at radius 3 is 1.79 bits per heavy atom. The average molecular weight is 1110 g/mol. The molecule has 26 heteroatoms. The lowest BCUT2D eigenvalue weighted by molar-refractivity contribution is -0.311. The second-order valence-electron chi connectivity index (χ2n) is 25.1. The number of hydrogen-bond donors (Lipinski definition) is 8. The highest BCUT2D eigenvalue weighted by atomic mass is 32.2. The first-order chi connectivity index (χ1) is 33.9. The van der Waals surface area contributed by atoms with Gasteiger partial charge in [-0.2, -0.15) is 0 Å². The predicted octanol–water partition coefficient (Wildman–Crippen LogP) is 4.07. The summed E-state index contributed by atoms with van der Waals surface area (Å²) in [4.78, 5) is 53.8. The van der Waals surface area contributed by atoms with Crippen LogP contribution in [0.4, 0.5) is 19.2 Å². The van der Waals surface area contributed by atoms with Crippen molar-refractivity contribution in [2.75, 3.05) is 45.6 Å². The van der Waals surface area contributed by atoms with E-state index >= 15 is 0 Å². The summed E-state index contributed by atoms with van der Waals surface area (Å²) in [6, 6.07) is -5.19. The van der Waals surface area contributed by atoms with Crippen LogP contribution in [-0.2, 0) is 52.3 Å². The third-order valence-corrected chi connectivity index (χ3v) is 18.2.